The molecular weight excluding hydrogens is 170 g/mol. The number of hydrogen-bond donors (Lipinski definition) is 0. The lowest BCUT2D eigenvalue weighted by Gasteiger charge is -2.40. The molecule has 0 aliphatic heterocycles. The lowest BCUT2D eigenvalue weighted by atomic mass is 9.92. The van der Waals surface area contributed by atoms with Gasteiger partial charge in [0.05, 0.1) is 0 Å². The highest BCUT2D eigenvalue weighted by Gasteiger charge is 2.32. The van der Waals surface area contributed by atoms with Crippen LogP contribution < -0.4 is 0 Å². The van der Waals surface area contributed by atoms with Crippen molar-refractivity contribution in [3.05, 3.63) is 0 Å². The molecule has 0 bridgehead atoms. The van der Waals surface area contributed by atoms with Gasteiger partial charge in [0.15, 0.2) is 0 Å². The fraction of sp³-hybridized carbons (Fsp3) is 1.00. The number of rotatable bonds is 7. The van der Waals surface area contributed by atoms with Crippen LogP contribution in [0, 0.1) is 5.92 Å². The number of hydrogen-bond acceptors (Lipinski definition) is 1. The fourth-order valence-corrected chi connectivity index (χ4v) is 2.16. The Bertz CT molecular complexity index is 157. The van der Waals surface area contributed by atoms with E-state index in [0.717, 1.165) is 5.92 Å². The van der Waals surface area contributed by atoms with Gasteiger partial charge in [-0.25, -0.2) is 0 Å². The molecule has 0 radical (unpaired) electrons. The van der Waals surface area contributed by atoms with Crippen molar-refractivity contribution < 1.29 is 0 Å². The van der Waals surface area contributed by atoms with Crippen LogP contribution >= 0.6 is 0 Å². The predicted molar refractivity (Wildman–Crippen MR) is 63.6 cm³/mol. The van der Waals surface area contributed by atoms with Crippen molar-refractivity contribution in [2.75, 3.05) is 13.1 Å². The first-order valence-corrected chi connectivity index (χ1v) is 6.41. The second kappa shape index (κ2) is 5.16. The average Bonchev–Trinajstić information content (AvgIpc) is 3.00. The molecule has 0 heterocycles. The van der Waals surface area contributed by atoms with Gasteiger partial charge in [0.25, 0.3) is 0 Å². The van der Waals surface area contributed by atoms with Crippen LogP contribution in [-0.2, 0) is 0 Å². The molecule has 0 N–H and O–H groups in total. The zero-order valence-electron chi connectivity index (χ0n) is 10.5. The van der Waals surface area contributed by atoms with Gasteiger partial charge in [-0.1, -0.05) is 20.8 Å². The summed E-state index contributed by atoms with van der Waals surface area (Å²) in [6, 6.07) is 0. The molecule has 0 atom stereocenters. The third-order valence-corrected chi connectivity index (χ3v) is 3.96. The van der Waals surface area contributed by atoms with Crippen molar-refractivity contribution in [2.45, 2.75) is 65.3 Å². The Morgan fingerprint density at radius 3 is 2.07 bits per heavy atom. The van der Waals surface area contributed by atoms with Crippen molar-refractivity contribution in [3.63, 3.8) is 0 Å². The van der Waals surface area contributed by atoms with E-state index in [1.807, 2.05) is 0 Å². The molecule has 0 amide bonds. The van der Waals surface area contributed by atoms with Gasteiger partial charge in [0.2, 0.25) is 0 Å². The Balaban J connectivity index is 2.52. The molecule has 0 aromatic carbocycles. The third kappa shape index (κ3) is 2.98. The Hall–Kier alpha value is -0.0400. The first-order valence-electron chi connectivity index (χ1n) is 6.41. The van der Waals surface area contributed by atoms with Crippen molar-refractivity contribution in [1.29, 1.82) is 0 Å². The van der Waals surface area contributed by atoms with Crippen LogP contribution in [0.2, 0.25) is 0 Å². The summed E-state index contributed by atoms with van der Waals surface area (Å²) >= 11 is 0. The Kier molecular flexibility index (Phi) is 4.43. The molecule has 0 unspecified atom stereocenters. The van der Waals surface area contributed by atoms with Gasteiger partial charge >= 0.3 is 0 Å². The van der Waals surface area contributed by atoms with Gasteiger partial charge in [-0.05, 0) is 51.5 Å². The summed E-state index contributed by atoms with van der Waals surface area (Å²) in [5.41, 5.74) is 0.457. The van der Waals surface area contributed by atoms with Crippen LogP contribution in [0.3, 0.4) is 0 Å². The summed E-state index contributed by atoms with van der Waals surface area (Å²) < 4.78 is 0. The van der Waals surface area contributed by atoms with E-state index in [-0.39, 0.29) is 0 Å². The maximum Gasteiger partial charge on any atom is 0.0176 e. The van der Waals surface area contributed by atoms with E-state index in [9.17, 15) is 0 Å². The molecule has 84 valence electrons. The molecule has 1 heteroatoms. The molecule has 1 aliphatic rings. The lowest BCUT2D eigenvalue weighted by molar-refractivity contribution is 0.0889. The standard InChI is InChI=1S/C13H27N/c1-5-10-14(11-12-8-9-12)13(4,6-2)7-3/h12H,5-11H2,1-4H3. The van der Waals surface area contributed by atoms with Crippen LogP contribution in [0.4, 0.5) is 0 Å². The second-order valence-corrected chi connectivity index (χ2v) is 5.09. The van der Waals surface area contributed by atoms with Gasteiger partial charge in [0.1, 0.15) is 0 Å². The monoisotopic (exact) mass is 197 g/mol. The maximum absolute atomic E-state index is 2.74. The van der Waals surface area contributed by atoms with E-state index in [4.69, 9.17) is 0 Å². The van der Waals surface area contributed by atoms with Crippen molar-refractivity contribution >= 4 is 0 Å². The summed E-state index contributed by atoms with van der Waals surface area (Å²) in [6.45, 7) is 12.0. The summed E-state index contributed by atoms with van der Waals surface area (Å²) in [5.74, 6) is 1.03. The second-order valence-electron chi connectivity index (χ2n) is 5.09. The topological polar surface area (TPSA) is 3.24 Å². The van der Waals surface area contributed by atoms with E-state index < -0.39 is 0 Å². The van der Waals surface area contributed by atoms with Gasteiger partial charge in [0, 0.05) is 12.1 Å². The predicted octanol–water partition coefficient (Wildman–Crippen LogP) is 3.69. The molecular formula is C13H27N. The molecule has 14 heavy (non-hydrogen) atoms. The van der Waals surface area contributed by atoms with E-state index in [1.54, 1.807) is 0 Å². The van der Waals surface area contributed by atoms with E-state index in [1.165, 1.54) is 45.2 Å². The Labute approximate surface area is 89.9 Å². The summed E-state index contributed by atoms with van der Waals surface area (Å²) in [6.07, 6.45) is 6.82. The van der Waals surface area contributed by atoms with E-state index in [2.05, 4.69) is 32.6 Å². The van der Waals surface area contributed by atoms with Crippen LogP contribution in [0.5, 0.6) is 0 Å². The van der Waals surface area contributed by atoms with Crippen molar-refractivity contribution in [3.8, 4) is 0 Å². The molecule has 1 fully saturated rings. The van der Waals surface area contributed by atoms with Crippen molar-refractivity contribution in [2.24, 2.45) is 5.92 Å². The molecule has 0 aromatic rings. The smallest absolute Gasteiger partial charge is 0.0176 e. The minimum atomic E-state index is 0.457. The highest BCUT2D eigenvalue weighted by Crippen LogP contribution is 2.33. The van der Waals surface area contributed by atoms with Crippen LogP contribution in [0.25, 0.3) is 0 Å². The lowest BCUT2D eigenvalue weighted by Crippen LogP contribution is -2.46. The molecule has 0 spiro atoms. The minimum absolute atomic E-state index is 0.457. The first kappa shape index (κ1) is 12.0. The largest absolute Gasteiger partial charge is 0.298 e. The van der Waals surface area contributed by atoms with Gasteiger partial charge < -0.3 is 0 Å². The van der Waals surface area contributed by atoms with E-state index in [0.29, 0.717) is 5.54 Å². The highest BCUT2D eigenvalue weighted by molar-refractivity contribution is 4.87. The molecule has 1 rings (SSSR count). The molecule has 0 saturated heterocycles. The van der Waals surface area contributed by atoms with Gasteiger partial charge in [-0.3, -0.25) is 4.90 Å². The van der Waals surface area contributed by atoms with Gasteiger partial charge in [-0.2, -0.15) is 0 Å². The third-order valence-electron chi connectivity index (χ3n) is 3.96. The Morgan fingerprint density at radius 1 is 1.14 bits per heavy atom. The summed E-state index contributed by atoms with van der Waals surface area (Å²) in [5, 5.41) is 0. The minimum Gasteiger partial charge on any atom is -0.298 e. The summed E-state index contributed by atoms with van der Waals surface area (Å²) in [4.78, 5) is 2.74. The Morgan fingerprint density at radius 2 is 1.71 bits per heavy atom. The molecule has 1 saturated carbocycles. The number of nitrogens with zero attached hydrogens (tertiary/aromatic N) is 1. The average molecular weight is 197 g/mol. The van der Waals surface area contributed by atoms with Crippen LogP contribution in [-0.4, -0.2) is 23.5 Å². The quantitative estimate of drug-likeness (QED) is 0.601. The molecule has 1 aliphatic carbocycles. The molecule has 0 aromatic heterocycles. The summed E-state index contributed by atoms with van der Waals surface area (Å²) in [7, 11) is 0. The normalized spacial score (nSPS) is 17.8. The highest BCUT2D eigenvalue weighted by atomic mass is 15.2. The SMILES string of the molecule is CCCN(CC1CC1)C(C)(CC)CC. The first-order chi connectivity index (χ1) is 6.66. The maximum atomic E-state index is 2.74. The van der Waals surface area contributed by atoms with E-state index >= 15 is 0 Å². The fourth-order valence-electron chi connectivity index (χ4n) is 2.16. The van der Waals surface area contributed by atoms with Crippen LogP contribution in [0.1, 0.15) is 59.8 Å². The zero-order chi connectivity index (χ0) is 10.6. The van der Waals surface area contributed by atoms with Crippen LogP contribution in [0.15, 0.2) is 0 Å². The zero-order valence-corrected chi connectivity index (χ0v) is 10.5. The van der Waals surface area contributed by atoms with Gasteiger partial charge in [-0.15, -0.1) is 0 Å². The molecule has 1 nitrogen and oxygen atoms in total. The van der Waals surface area contributed by atoms with Crippen molar-refractivity contribution in [1.82, 2.24) is 4.90 Å².